The van der Waals surface area contributed by atoms with Crippen molar-refractivity contribution in [3.05, 3.63) is 41.8 Å². The normalized spacial score (nSPS) is 11.7. The van der Waals surface area contributed by atoms with E-state index < -0.39 is 15.7 Å². The molecular formula is C15H21NO4S. The molecule has 1 N–H and O–H groups in total. The van der Waals surface area contributed by atoms with Crippen molar-refractivity contribution in [3.63, 3.8) is 0 Å². The van der Waals surface area contributed by atoms with Gasteiger partial charge in [-0.1, -0.05) is 31.5 Å². The zero-order chi connectivity index (χ0) is 15.7. The maximum absolute atomic E-state index is 12.0. The molecule has 0 unspecified atom stereocenters. The number of unbranched alkanes of at least 4 members (excludes halogenated alkanes) is 1. The van der Waals surface area contributed by atoms with Gasteiger partial charge in [0.1, 0.15) is 0 Å². The molecule has 0 saturated carbocycles. The molecule has 0 aliphatic carbocycles. The Labute approximate surface area is 125 Å². The van der Waals surface area contributed by atoms with Crippen molar-refractivity contribution in [2.24, 2.45) is 0 Å². The number of hydrogen-bond acceptors (Lipinski definition) is 4. The fraction of sp³-hybridized carbons (Fsp3) is 0.400. The largest absolute Gasteiger partial charge is 0.395 e. The average Bonchev–Trinajstić information content (AvgIpc) is 2.50. The first-order chi connectivity index (χ1) is 10.0. The maximum Gasteiger partial charge on any atom is 0.247 e. The van der Waals surface area contributed by atoms with Crippen molar-refractivity contribution in [3.8, 4) is 0 Å². The number of sulfone groups is 1. The molecule has 6 heteroatoms. The first-order valence-corrected chi connectivity index (χ1v) is 8.44. The van der Waals surface area contributed by atoms with Crippen LogP contribution in [0.5, 0.6) is 0 Å². The molecule has 0 atom stereocenters. The van der Waals surface area contributed by atoms with Gasteiger partial charge in [0.25, 0.3) is 0 Å². The van der Waals surface area contributed by atoms with Gasteiger partial charge in [-0.2, -0.15) is 0 Å². The molecule has 0 aromatic heterocycles. The van der Waals surface area contributed by atoms with E-state index in [1.165, 1.54) is 17.0 Å². The fourth-order valence-corrected chi connectivity index (χ4v) is 2.73. The second-order valence-corrected chi connectivity index (χ2v) is 6.40. The molecule has 1 aromatic rings. The standard InChI is InChI=1S/C15H21NO4S/c1-2-3-10-16(11-12-17)15(18)9-13-21(19,20)14-7-5-4-6-8-14/h4-9,13,17H,2-3,10-12H2,1H3. The molecule has 0 aliphatic rings. The first-order valence-electron chi connectivity index (χ1n) is 6.89. The third-order valence-corrected chi connectivity index (χ3v) is 4.35. The highest BCUT2D eigenvalue weighted by molar-refractivity contribution is 7.94. The summed E-state index contributed by atoms with van der Waals surface area (Å²) in [7, 11) is -3.61. The number of aliphatic hydroxyl groups excluding tert-OH is 1. The molecule has 1 aromatic carbocycles. The van der Waals surface area contributed by atoms with Gasteiger partial charge in [-0.15, -0.1) is 0 Å². The van der Waals surface area contributed by atoms with E-state index in [-0.39, 0.29) is 18.0 Å². The summed E-state index contributed by atoms with van der Waals surface area (Å²) in [6.45, 7) is 2.56. The van der Waals surface area contributed by atoms with Gasteiger partial charge < -0.3 is 10.0 Å². The van der Waals surface area contributed by atoms with E-state index >= 15 is 0 Å². The highest BCUT2D eigenvalue weighted by Gasteiger charge is 2.13. The third-order valence-electron chi connectivity index (χ3n) is 2.92. The van der Waals surface area contributed by atoms with Crippen molar-refractivity contribution in [2.75, 3.05) is 19.7 Å². The molecule has 116 valence electrons. The van der Waals surface area contributed by atoms with Crippen molar-refractivity contribution in [1.29, 1.82) is 0 Å². The Morgan fingerprint density at radius 2 is 1.90 bits per heavy atom. The predicted octanol–water partition coefficient (Wildman–Crippen LogP) is 1.59. The maximum atomic E-state index is 12.0. The summed E-state index contributed by atoms with van der Waals surface area (Å²) in [6, 6.07) is 7.94. The van der Waals surface area contributed by atoms with Crippen LogP contribution in [0.3, 0.4) is 0 Å². The molecule has 0 heterocycles. The second-order valence-electron chi connectivity index (χ2n) is 4.56. The minimum Gasteiger partial charge on any atom is -0.395 e. The molecule has 0 fully saturated rings. The van der Waals surface area contributed by atoms with E-state index in [0.29, 0.717) is 6.54 Å². The van der Waals surface area contributed by atoms with Crippen LogP contribution in [0.25, 0.3) is 0 Å². The van der Waals surface area contributed by atoms with Gasteiger partial charge in [-0.3, -0.25) is 4.79 Å². The molecule has 0 saturated heterocycles. The number of nitrogens with zero attached hydrogens (tertiary/aromatic N) is 1. The van der Waals surface area contributed by atoms with Crippen LogP contribution in [0.15, 0.2) is 46.7 Å². The van der Waals surface area contributed by atoms with Crippen LogP contribution in [0, 0.1) is 0 Å². The molecule has 1 amide bonds. The number of aliphatic hydroxyl groups is 1. The third kappa shape index (κ3) is 5.69. The van der Waals surface area contributed by atoms with E-state index in [1.807, 2.05) is 6.92 Å². The molecule has 0 bridgehead atoms. The summed E-state index contributed by atoms with van der Waals surface area (Å²) in [4.78, 5) is 13.6. The van der Waals surface area contributed by atoms with Gasteiger partial charge in [0.2, 0.25) is 5.91 Å². The summed E-state index contributed by atoms with van der Waals surface area (Å²) in [6.07, 6.45) is 2.78. The average molecular weight is 311 g/mol. The van der Waals surface area contributed by atoms with E-state index in [1.54, 1.807) is 18.2 Å². The van der Waals surface area contributed by atoms with Gasteiger partial charge in [0.15, 0.2) is 9.84 Å². The SMILES string of the molecule is CCCCN(CCO)C(=O)C=CS(=O)(=O)c1ccccc1. The molecular weight excluding hydrogens is 290 g/mol. The first kappa shape index (κ1) is 17.4. The fourth-order valence-electron chi connectivity index (χ4n) is 1.74. The van der Waals surface area contributed by atoms with E-state index in [0.717, 1.165) is 24.3 Å². The van der Waals surface area contributed by atoms with Gasteiger partial charge in [0, 0.05) is 24.6 Å². The Morgan fingerprint density at radius 3 is 2.48 bits per heavy atom. The van der Waals surface area contributed by atoms with Gasteiger partial charge in [0.05, 0.1) is 11.5 Å². The highest BCUT2D eigenvalue weighted by atomic mass is 32.2. The van der Waals surface area contributed by atoms with Crippen molar-refractivity contribution < 1.29 is 18.3 Å². The number of amides is 1. The molecule has 5 nitrogen and oxygen atoms in total. The lowest BCUT2D eigenvalue weighted by atomic mass is 10.3. The molecule has 1 rings (SSSR count). The van der Waals surface area contributed by atoms with Crippen LogP contribution in [0.1, 0.15) is 19.8 Å². The quantitative estimate of drug-likeness (QED) is 0.740. The number of carbonyl (C=O) groups is 1. The smallest absolute Gasteiger partial charge is 0.247 e. The monoisotopic (exact) mass is 311 g/mol. The van der Waals surface area contributed by atoms with Gasteiger partial charge in [-0.05, 0) is 18.6 Å². The van der Waals surface area contributed by atoms with Crippen LogP contribution < -0.4 is 0 Å². The Kier molecular flexibility index (Phi) is 7.11. The second kappa shape index (κ2) is 8.59. The lowest BCUT2D eigenvalue weighted by Crippen LogP contribution is -2.33. The summed E-state index contributed by atoms with van der Waals surface area (Å²) in [5.74, 6) is -0.406. The van der Waals surface area contributed by atoms with Crippen LogP contribution in [0.2, 0.25) is 0 Å². The zero-order valence-corrected chi connectivity index (χ0v) is 12.9. The van der Waals surface area contributed by atoms with Crippen molar-refractivity contribution in [1.82, 2.24) is 4.90 Å². The Balaban J connectivity index is 2.79. The summed E-state index contributed by atoms with van der Waals surface area (Å²) in [5.41, 5.74) is 0. The Bertz CT molecular complexity index is 567. The summed E-state index contributed by atoms with van der Waals surface area (Å²) >= 11 is 0. The summed E-state index contributed by atoms with van der Waals surface area (Å²) in [5, 5.41) is 9.87. The topological polar surface area (TPSA) is 74.7 Å². The van der Waals surface area contributed by atoms with Gasteiger partial charge in [-0.25, -0.2) is 8.42 Å². The number of benzene rings is 1. The predicted molar refractivity (Wildman–Crippen MR) is 81.3 cm³/mol. The molecule has 21 heavy (non-hydrogen) atoms. The minimum absolute atomic E-state index is 0.144. The minimum atomic E-state index is -3.61. The van der Waals surface area contributed by atoms with Crippen molar-refractivity contribution >= 4 is 15.7 Å². The Morgan fingerprint density at radius 1 is 1.24 bits per heavy atom. The van der Waals surface area contributed by atoms with Crippen LogP contribution >= 0.6 is 0 Å². The van der Waals surface area contributed by atoms with E-state index in [9.17, 15) is 13.2 Å². The number of carbonyl (C=O) groups excluding carboxylic acids is 1. The van der Waals surface area contributed by atoms with Crippen LogP contribution in [-0.2, 0) is 14.6 Å². The van der Waals surface area contributed by atoms with E-state index in [4.69, 9.17) is 5.11 Å². The molecule has 0 aliphatic heterocycles. The zero-order valence-electron chi connectivity index (χ0n) is 12.1. The highest BCUT2D eigenvalue weighted by Crippen LogP contribution is 2.11. The van der Waals surface area contributed by atoms with E-state index in [2.05, 4.69) is 0 Å². The van der Waals surface area contributed by atoms with Crippen LogP contribution in [-0.4, -0.2) is 44.0 Å². The van der Waals surface area contributed by atoms with Gasteiger partial charge >= 0.3 is 0 Å². The van der Waals surface area contributed by atoms with Crippen LogP contribution in [0.4, 0.5) is 0 Å². The number of rotatable bonds is 8. The Hall–Kier alpha value is -1.66. The molecule has 0 radical (unpaired) electrons. The lowest BCUT2D eigenvalue weighted by Gasteiger charge is -2.19. The number of hydrogen-bond donors (Lipinski definition) is 1. The summed E-state index contributed by atoms with van der Waals surface area (Å²) < 4.78 is 24.0. The molecule has 0 spiro atoms. The van der Waals surface area contributed by atoms with Crippen molar-refractivity contribution in [2.45, 2.75) is 24.7 Å². The lowest BCUT2D eigenvalue weighted by molar-refractivity contribution is -0.126.